The highest BCUT2D eigenvalue weighted by Gasteiger charge is 2.12. The molecule has 0 fully saturated rings. The van der Waals surface area contributed by atoms with Crippen molar-refractivity contribution in [1.29, 1.82) is 0 Å². The van der Waals surface area contributed by atoms with E-state index in [0.29, 0.717) is 18.3 Å². The normalized spacial score (nSPS) is 11.3. The van der Waals surface area contributed by atoms with Crippen molar-refractivity contribution < 1.29 is 4.52 Å². The van der Waals surface area contributed by atoms with Gasteiger partial charge in [0.25, 0.3) is 0 Å². The highest BCUT2D eigenvalue weighted by atomic mass is 32.2. The van der Waals surface area contributed by atoms with Gasteiger partial charge < -0.3 is 9.84 Å². The Hall–Kier alpha value is -2.16. The van der Waals surface area contributed by atoms with Gasteiger partial charge in [0.2, 0.25) is 5.89 Å². The second-order valence-corrected chi connectivity index (χ2v) is 6.00. The Bertz CT molecular complexity index is 798. The van der Waals surface area contributed by atoms with Gasteiger partial charge in [0.05, 0.1) is 23.9 Å². The van der Waals surface area contributed by atoms with Gasteiger partial charge in [-0.25, -0.2) is 9.97 Å². The number of hydrogen-bond acceptors (Lipinski definition) is 8. The smallest absolute Gasteiger partial charge is 0.246 e. The predicted molar refractivity (Wildman–Crippen MR) is 89.1 cm³/mol. The number of hydrogen-bond donors (Lipinski definition) is 1. The summed E-state index contributed by atoms with van der Waals surface area (Å²) in [5, 5.41) is 12.3. The van der Waals surface area contributed by atoms with E-state index in [2.05, 4.69) is 37.4 Å². The Balaban J connectivity index is 1.83. The molecule has 3 heterocycles. The van der Waals surface area contributed by atoms with Gasteiger partial charge in [0.15, 0.2) is 11.5 Å². The molecule has 3 rings (SSSR count). The minimum atomic E-state index is 0.425. The number of anilines is 1. The molecule has 0 unspecified atom stereocenters. The van der Waals surface area contributed by atoms with Gasteiger partial charge in [-0.15, -0.1) is 0 Å². The van der Waals surface area contributed by atoms with E-state index in [4.69, 9.17) is 4.52 Å². The number of fused-ring (bicyclic) bond motifs is 1. The molecule has 0 aliphatic heterocycles. The van der Waals surface area contributed by atoms with E-state index in [1.165, 1.54) is 0 Å². The van der Waals surface area contributed by atoms with Crippen LogP contribution in [-0.2, 0) is 25.8 Å². The summed E-state index contributed by atoms with van der Waals surface area (Å²) in [7, 11) is 1.88. The van der Waals surface area contributed by atoms with E-state index in [1.807, 2.05) is 13.3 Å². The molecule has 8 nitrogen and oxygen atoms in total. The molecular formula is C14H19N7OS. The summed E-state index contributed by atoms with van der Waals surface area (Å²) < 4.78 is 6.99. The Labute approximate surface area is 138 Å². The van der Waals surface area contributed by atoms with E-state index in [-0.39, 0.29) is 0 Å². The molecule has 0 saturated carbocycles. The third-order valence-electron chi connectivity index (χ3n) is 3.30. The topological polar surface area (TPSA) is 94.5 Å². The van der Waals surface area contributed by atoms with Crippen LogP contribution in [0, 0.1) is 0 Å². The Morgan fingerprint density at radius 3 is 2.91 bits per heavy atom. The van der Waals surface area contributed by atoms with Crippen molar-refractivity contribution >= 4 is 28.6 Å². The molecule has 0 aliphatic rings. The average Bonchev–Trinajstić information content (AvgIpc) is 3.13. The molecule has 9 heteroatoms. The van der Waals surface area contributed by atoms with E-state index in [0.717, 1.165) is 41.3 Å². The number of rotatable bonds is 7. The van der Waals surface area contributed by atoms with Crippen LogP contribution >= 0.6 is 11.8 Å². The van der Waals surface area contributed by atoms with Crippen molar-refractivity contribution in [3.8, 4) is 0 Å². The Morgan fingerprint density at radius 2 is 2.13 bits per heavy atom. The largest absolute Gasteiger partial charge is 0.360 e. The molecular weight excluding hydrogens is 314 g/mol. The summed E-state index contributed by atoms with van der Waals surface area (Å²) in [5.41, 5.74) is 0.819. The minimum Gasteiger partial charge on any atom is -0.360 e. The van der Waals surface area contributed by atoms with Crippen molar-refractivity contribution in [3.63, 3.8) is 0 Å². The number of thioether (sulfide) groups is 1. The Morgan fingerprint density at radius 1 is 1.26 bits per heavy atom. The molecule has 0 atom stereocenters. The monoisotopic (exact) mass is 333 g/mol. The SMILES string of the molecule is CCCc1nc(NCc2nc(CSC)no2)c2cnn(C)c2n1. The lowest BCUT2D eigenvalue weighted by molar-refractivity contribution is 0.379. The first-order valence-corrected chi connectivity index (χ1v) is 8.83. The summed E-state index contributed by atoms with van der Waals surface area (Å²) in [5.74, 6) is 3.54. The zero-order valence-electron chi connectivity index (χ0n) is 13.4. The number of aromatic nitrogens is 6. The first-order chi connectivity index (χ1) is 11.2. The average molecular weight is 333 g/mol. The van der Waals surface area contributed by atoms with Crippen LogP contribution in [0.1, 0.15) is 30.9 Å². The standard InChI is InChI=1S/C14H19N7OS/c1-4-5-10-18-13(9-6-16-21(2)14(9)19-10)15-7-12-17-11(8-23-3)20-22-12/h6H,4-5,7-8H2,1-3H3,(H,15,18,19). The first kappa shape index (κ1) is 15.7. The van der Waals surface area contributed by atoms with E-state index in [9.17, 15) is 0 Å². The quantitative estimate of drug-likeness (QED) is 0.703. The predicted octanol–water partition coefficient (Wildman–Crippen LogP) is 2.17. The third kappa shape index (κ3) is 3.44. The molecule has 23 heavy (non-hydrogen) atoms. The van der Waals surface area contributed by atoms with Gasteiger partial charge in [-0.05, 0) is 12.7 Å². The summed E-state index contributed by atoms with van der Waals surface area (Å²) >= 11 is 1.66. The van der Waals surface area contributed by atoms with Crippen molar-refractivity contribution in [1.82, 2.24) is 29.9 Å². The molecule has 0 bridgehead atoms. The van der Waals surface area contributed by atoms with Crippen LogP contribution < -0.4 is 5.32 Å². The fourth-order valence-corrected chi connectivity index (χ4v) is 2.62. The van der Waals surface area contributed by atoms with Crippen molar-refractivity contribution in [2.24, 2.45) is 7.05 Å². The van der Waals surface area contributed by atoms with Gasteiger partial charge in [-0.1, -0.05) is 12.1 Å². The second-order valence-electron chi connectivity index (χ2n) is 5.13. The lowest BCUT2D eigenvalue weighted by atomic mass is 10.3. The summed E-state index contributed by atoms with van der Waals surface area (Å²) in [6.07, 6.45) is 5.59. The maximum atomic E-state index is 5.23. The highest BCUT2D eigenvalue weighted by molar-refractivity contribution is 7.97. The summed E-state index contributed by atoms with van der Waals surface area (Å²) in [4.78, 5) is 13.5. The van der Waals surface area contributed by atoms with Gasteiger partial charge in [0, 0.05) is 13.5 Å². The molecule has 0 saturated heterocycles. The van der Waals surface area contributed by atoms with Crippen LogP contribution in [0.2, 0.25) is 0 Å². The van der Waals surface area contributed by atoms with Gasteiger partial charge in [-0.3, -0.25) is 4.68 Å². The molecule has 0 spiro atoms. The molecule has 122 valence electrons. The van der Waals surface area contributed by atoms with Crippen LogP contribution in [0.15, 0.2) is 10.7 Å². The fraction of sp³-hybridized carbons (Fsp3) is 0.500. The maximum absolute atomic E-state index is 5.23. The molecule has 0 aromatic carbocycles. The van der Waals surface area contributed by atoms with E-state index in [1.54, 1.807) is 22.6 Å². The number of aryl methyl sites for hydroxylation is 2. The van der Waals surface area contributed by atoms with Crippen molar-refractivity contribution in [3.05, 3.63) is 23.7 Å². The van der Waals surface area contributed by atoms with Gasteiger partial charge in [0.1, 0.15) is 11.6 Å². The first-order valence-electron chi connectivity index (χ1n) is 7.44. The minimum absolute atomic E-state index is 0.425. The summed E-state index contributed by atoms with van der Waals surface area (Å²) in [6, 6.07) is 0. The van der Waals surface area contributed by atoms with E-state index < -0.39 is 0 Å². The Kier molecular flexibility index (Phi) is 4.75. The zero-order chi connectivity index (χ0) is 16.2. The molecule has 3 aromatic heterocycles. The summed E-state index contributed by atoms with van der Waals surface area (Å²) in [6.45, 7) is 2.53. The number of nitrogens with zero attached hydrogens (tertiary/aromatic N) is 6. The molecule has 0 amide bonds. The van der Waals surface area contributed by atoms with E-state index >= 15 is 0 Å². The lowest BCUT2D eigenvalue weighted by Gasteiger charge is -2.07. The molecule has 0 aliphatic carbocycles. The van der Waals surface area contributed by atoms with Crippen LogP contribution in [-0.4, -0.2) is 36.1 Å². The van der Waals surface area contributed by atoms with Gasteiger partial charge in [-0.2, -0.15) is 21.8 Å². The van der Waals surface area contributed by atoms with Crippen LogP contribution in [0.4, 0.5) is 5.82 Å². The van der Waals surface area contributed by atoms with Crippen LogP contribution in [0.5, 0.6) is 0 Å². The van der Waals surface area contributed by atoms with Crippen LogP contribution in [0.25, 0.3) is 11.0 Å². The molecule has 3 aromatic rings. The second kappa shape index (κ2) is 6.95. The maximum Gasteiger partial charge on any atom is 0.246 e. The molecule has 1 N–H and O–H groups in total. The number of nitrogens with one attached hydrogen (secondary N) is 1. The van der Waals surface area contributed by atoms with Crippen LogP contribution in [0.3, 0.4) is 0 Å². The molecule has 0 radical (unpaired) electrons. The third-order valence-corrected chi connectivity index (χ3v) is 3.85. The van der Waals surface area contributed by atoms with Crippen molar-refractivity contribution in [2.75, 3.05) is 11.6 Å². The van der Waals surface area contributed by atoms with Gasteiger partial charge >= 0.3 is 0 Å². The zero-order valence-corrected chi connectivity index (χ0v) is 14.2. The fourth-order valence-electron chi connectivity index (χ4n) is 2.25. The van der Waals surface area contributed by atoms with Crippen molar-refractivity contribution in [2.45, 2.75) is 32.1 Å². The lowest BCUT2D eigenvalue weighted by Crippen LogP contribution is -2.06. The highest BCUT2D eigenvalue weighted by Crippen LogP contribution is 2.20.